The van der Waals surface area contributed by atoms with E-state index in [1.165, 1.54) is 0 Å². The summed E-state index contributed by atoms with van der Waals surface area (Å²) in [6, 6.07) is 7.79. The molecule has 1 aromatic carbocycles. The van der Waals surface area contributed by atoms with E-state index in [9.17, 15) is 4.79 Å². The molecule has 0 unspecified atom stereocenters. The van der Waals surface area contributed by atoms with Gasteiger partial charge in [-0.25, -0.2) is 0 Å². The zero-order chi connectivity index (χ0) is 14.5. The maximum absolute atomic E-state index is 12.0. The van der Waals surface area contributed by atoms with Crippen LogP contribution in [0.3, 0.4) is 0 Å². The van der Waals surface area contributed by atoms with Crippen molar-refractivity contribution in [1.29, 1.82) is 0 Å². The SMILES string of the molecule is CSc1ccccc1NC(=O)CN(C)CC(C)(C)N. The van der Waals surface area contributed by atoms with Crippen molar-refractivity contribution in [2.45, 2.75) is 24.3 Å². The van der Waals surface area contributed by atoms with E-state index in [0.29, 0.717) is 13.1 Å². The maximum atomic E-state index is 12.0. The number of hydrogen-bond acceptors (Lipinski definition) is 4. The van der Waals surface area contributed by atoms with Crippen molar-refractivity contribution in [2.24, 2.45) is 5.73 Å². The average molecular weight is 281 g/mol. The van der Waals surface area contributed by atoms with Crippen LogP contribution in [0.5, 0.6) is 0 Å². The fourth-order valence-electron chi connectivity index (χ4n) is 1.93. The normalized spacial score (nSPS) is 11.7. The Kier molecular flexibility index (Phi) is 5.85. The van der Waals surface area contributed by atoms with Crippen LogP contribution in [0.25, 0.3) is 0 Å². The minimum Gasteiger partial charge on any atom is -0.324 e. The number of hydrogen-bond donors (Lipinski definition) is 2. The van der Waals surface area contributed by atoms with Crippen molar-refractivity contribution >= 4 is 23.4 Å². The minimum absolute atomic E-state index is 0.0201. The number of carbonyl (C=O) groups is 1. The highest BCUT2D eigenvalue weighted by molar-refractivity contribution is 7.98. The zero-order valence-electron chi connectivity index (χ0n) is 12.1. The molecule has 0 saturated carbocycles. The molecule has 0 bridgehead atoms. The van der Waals surface area contributed by atoms with Gasteiger partial charge >= 0.3 is 0 Å². The Morgan fingerprint density at radius 1 is 1.42 bits per heavy atom. The van der Waals surface area contributed by atoms with Crippen molar-refractivity contribution in [3.05, 3.63) is 24.3 Å². The second-order valence-electron chi connectivity index (χ2n) is 5.41. The first-order valence-corrected chi connectivity index (χ1v) is 7.44. The fraction of sp³-hybridized carbons (Fsp3) is 0.500. The largest absolute Gasteiger partial charge is 0.324 e. The Hall–Kier alpha value is -1.04. The zero-order valence-corrected chi connectivity index (χ0v) is 12.9. The molecule has 19 heavy (non-hydrogen) atoms. The third-order valence-corrected chi connectivity index (χ3v) is 3.27. The molecule has 0 heterocycles. The van der Waals surface area contributed by atoms with E-state index in [1.54, 1.807) is 11.8 Å². The summed E-state index contributed by atoms with van der Waals surface area (Å²) in [5.74, 6) is -0.0201. The third kappa shape index (κ3) is 6.09. The van der Waals surface area contributed by atoms with Gasteiger partial charge in [0.05, 0.1) is 12.2 Å². The third-order valence-electron chi connectivity index (χ3n) is 2.47. The van der Waals surface area contributed by atoms with E-state index in [2.05, 4.69) is 5.32 Å². The molecule has 0 aliphatic rings. The van der Waals surface area contributed by atoms with Gasteiger partial charge in [-0.15, -0.1) is 11.8 Å². The van der Waals surface area contributed by atoms with Gasteiger partial charge in [-0.1, -0.05) is 12.1 Å². The number of rotatable bonds is 6. The Bertz CT molecular complexity index is 429. The summed E-state index contributed by atoms with van der Waals surface area (Å²) in [5.41, 5.74) is 6.50. The standard InChI is InChI=1S/C14H23N3OS/c1-14(2,15)10-17(3)9-13(18)16-11-7-5-6-8-12(11)19-4/h5-8H,9-10,15H2,1-4H3,(H,16,18). The first kappa shape index (κ1) is 16.0. The molecule has 0 aliphatic carbocycles. The molecule has 1 rings (SSSR count). The Morgan fingerprint density at radius 2 is 2.05 bits per heavy atom. The number of benzene rings is 1. The topological polar surface area (TPSA) is 58.4 Å². The van der Waals surface area contributed by atoms with Crippen LogP contribution in [-0.4, -0.2) is 42.7 Å². The summed E-state index contributed by atoms with van der Waals surface area (Å²) >= 11 is 1.62. The molecule has 4 nitrogen and oxygen atoms in total. The number of nitrogens with zero attached hydrogens (tertiary/aromatic N) is 1. The molecule has 0 radical (unpaired) electrons. The van der Waals surface area contributed by atoms with E-state index in [1.807, 2.05) is 56.3 Å². The number of nitrogens with two attached hydrogens (primary N) is 1. The summed E-state index contributed by atoms with van der Waals surface area (Å²) in [7, 11) is 1.90. The van der Waals surface area contributed by atoms with Crippen LogP contribution in [0, 0.1) is 0 Å². The molecule has 1 amide bonds. The van der Waals surface area contributed by atoms with E-state index in [4.69, 9.17) is 5.73 Å². The van der Waals surface area contributed by atoms with Crippen LogP contribution in [0.15, 0.2) is 29.2 Å². The summed E-state index contributed by atoms with van der Waals surface area (Å²) in [6.45, 7) is 4.91. The lowest BCUT2D eigenvalue weighted by Crippen LogP contribution is -2.45. The van der Waals surface area contributed by atoms with Gasteiger partial charge in [0.2, 0.25) is 5.91 Å². The van der Waals surface area contributed by atoms with Crippen molar-refractivity contribution in [3.63, 3.8) is 0 Å². The molecule has 0 aliphatic heterocycles. The highest BCUT2D eigenvalue weighted by Crippen LogP contribution is 2.24. The molecular weight excluding hydrogens is 258 g/mol. The lowest BCUT2D eigenvalue weighted by atomic mass is 10.1. The maximum Gasteiger partial charge on any atom is 0.238 e. The molecule has 106 valence electrons. The van der Waals surface area contributed by atoms with E-state index in [-0.39, 0.29) is 11.4 Å². The number of carbonyl (C=O) groups excluding carboxylic acids is 1. The lowest BCUT2D eigenvalue weighted by Gasteiger charge is -2.26. The first-order chi connectivity index (χ1) is 8.81. The second kappa shape index (κ2) is 6.93. The number of para-hydroxylation sites is 1. The van der Waals surface area contributed by atoms with E-state index >= 15 is 0 Å². The number of nitrogens with one attached hydrogen (secondary N) is 1. The van der Waals surface area contributed by atoms with Crippen molar-refractivity contribution < 1.29 is 4.79 Å². The highest BCUT2D eigenvalue weighted by Gasteiger charge is 2.16. The monoisotopic (exact) mass is 281 g/mol. The predicted molar refractivity (Wildman–Crippen MR) is 82.6 cm³/mol. The van der Waals surface area contributed by atoms with E-state index < -0.39 is 0 Å². The van der Waals surface area contributed by atoms with Crippen LogP contribution < -0.4 is 11.1 Å². The van der Waals surface area contributed by atoms with Gasteiger partial charge in [0.15, 0.2) is 0 Å². The van der Waals surface area contributed by atoms with Gasteiger partial charge in [0.1, 0.15) is 0 Å². The Balaban J connectivity index is 2.56. The number of anilines is 1. The van der Waals surface area contributed by atoms with Crippen LogP contribution in [0.4, 0.5) is 5.69 Å². The minimum atomic E-state index is -0.299. The Labute approximate surface area is 119 Å². The van der Waals surface area contributed by atoms with Gasteiger partial charge in [0.25, 0.3) is 0 Å². The predicted octanol–water partition coefficient (Wildman–Crippen LogP) is 2.02. The lowest BCUT2D eigenvalue weighted by molar-refractivity contribution is -0.117. The van der Waals surface area contributed by atoms with Gasteiger partial charge in [-0.3, -0.25) is 9.69 Å². The highest BCUT2D eigenvalue weighted by atomic mass is 32.2. The molecular formula is C14H23N3OS. The Morgan fingerprint density at radius 3 is 2.63 bits per heavy atom. The summed E-state index contributed by atoms with van der Waals surface area (Å²) in [6.07, 6.45) is 1.99. The van der Waals surface area contributed by atoms with Crippen molar-refractivity contribution in [2.75, 3.05) is 31.7 Å². The van der Waals surface area contributed by atoms with Crippen LogP contribution in [0.1, 0.15) is 13.8 Å². The fourth-order valence-corrected chi connectivity index (χ4v) is 2.49. The molecule has 3 N–H and O–H groups in total. The summed E-state index contributed by atoms with van der Waals surface area (Å²) in [4.78, 5) is 15.0. The molecule has 0 atom stereocenters. The second-order valence-corrected chi connectivity index (χ2v) is 6.26. The molecule has 0 saturated heterocycles. The quantitative estimate of drug-likeness (QED) is 0.783. The van der Waals surface area contributed by atoms with Crippen molar-refractivity contribution in [1.82, 2.24) is 4.90 Å². The van der Waals surface area contributed by atoms with Crippen LogP contribution in [-0.2, 0) is 4.79 Å². The van der Waals surface area contributed by atoms with Gasteiger partial charge < -0.3 is 11.1 Å². The average Bonchev–Trinajstić information content (AvgIpc) is 2.26. The molecule has 0 spiro atoms. The van der Waals surface area contributed by atoms with Crippen molar-refractivity contribution in [3.8, 4) is 0 Å². The molecule has 0 aromatic heterocycles. The van der Waals surface area contributed by atoms with Crippen LogP contribution in [0.2, 0.25) is 0 Å². The van der Waals surface area contributed by atoms with E-state index in [0.717, 1.165) is 10.6 Å². The van der Waals surface area contributed by atoms with Gasteiger partial charge in [0, 0.05) is 17.0 Å². The number of amides is 1. The molecule has 0 fully saturated rings. The number of thioether (sulfide) groups is 1. The smallest absolute Gasteiger partial charge is 0.238 e. The van der Waals surface area contributed by atoms with Gasteiger partial charge in [-0.2, -0.15) is 0 Å². The molecule has 5 heteroatoms. The van der Waals surface area contributed by atoms with Crippen LogP contribution >= 0.6 is 11.8 Å². The first-order valence-electron chi connectivity index (χ1n) is 6.22. The number of likely N-dealkylation sites (N-methyl/N-ethyl adjacent to an activating group) is 1. The molecule has 1 aromatic rings. The summed E-state index contributed by atoms with van der Waals surface area (Å²) < 4.78 is 0. The van der Waals surface area contributed by atoms with Gasteiger partial charge in [-0.05, 0) is 39.3 Å². The summed E-state index contributed by atoms with van der Waals surface area (Å²) in [5, 5.41) is 2.94.